The Labute approximate surface area is 122 Å². The molecular weight excluding hydrogens is 274 g/mol. The Bertz CT molecular complexity index is 637. The van der Waals surface area contributed by atoms with Crippen LogP contribution in [0.2, 0.25) is 0 Å². The second-order valence-electron chi connectivity index (χ2n) is 4.76. The van der Waals surface area contributed by atoms with Gasteiger partial charge < -0.3 is 19.6 Å². The molecule has 0 spiro atoms. The molecule has 0 aliphatic carbocycles. The van der Waals surface area contributed by atoms with Crippen LogP contribution < -0.4 is 10.1 Å². The number of hydrogen-bond donors (Lipinski definition) is 2. The van der Waals surface area contributed by atoms with E-state index < -0.39 is 5.97 Å². The summed E-state index contributed by atoms with van der Waals surface area (Å²) in [5.41, 5.74) is 0.772. The van der Waals surface area contributed by atoms with Crippen molar-refractivity contribution in [1.82, 2.24) is 9.97 Å². The monoisotopic (exact) mass is 291 g/mol. The van der Waals surface area contributed by atoms with Crippen molar-refractivity contribution >= 4 is 11.9 Å². The third kappa shape index (κ3) is 4.20. The van der Waals surface area contributed by atoms with E-state index in [0.29, 0.717) is 17.6 Å². The summed E-state index contributed by atoms with van der Waals surface area (Å²) in [7, 11) is 0. The van der Waals surface area contributed by atoms with E-state index in [1.165, 1.54) is 6.07 Å². The topological polar surface area (TPSA) is 97.5 Å². The number of rotatable bonds is 6. The van der Waals surface area contributed by atoms with Gasteiger partial charge in [-0.3, -0.25) is 0 Å². The van der Waals surface area contributed by atoms with Gasteiger partial charge in [-0.25, -0.2) is 9.78 Å². The number of nitrogens with one attached hydrogen (secondary N) is 1. The Morgan fingerprint density at radius 3 is 2.81 bits per heavy atom. The first kappa shape index (κ1) is 14.8. The lowest BCUT2D eigenvalue weighted by atomic mass is 10.4. The molecule has 0 amide bonds. The molecule has 0 bridgehead atoms. The minimum Gasteiger partial charge on any atom is -0.475 e. The van der Waals surface area contributed by atoms with Gasteiger partial charge in [0, 0.05) is 11.8 Å². The molecule has 2 N–H and O–H groups in total. The third-order valence-electron chi connectivity index (χ3n) is 2.48. The Morgan fingerprint density at radius 2 is 2.19 bits per heavy atom. The summed E-state index contributed by atoms with van der Waals surface area (Å²) in [5, 5.41) is 11.8. The maximum Gasteiger partial charge on any atom is 0.371 e. The van der Waals surface area contributed by atoms with Crippen molar-refractivity contribution in [3.8, 4) is 5.88 Å². The van der Waals surface area contributed by atoms with Gasteiger partial charge in [-0.05, 0) is 32.9 Å². The van der Waals surface area contributed by atoms with Gasteiger partial charge in [0.15, 0.2) is 0 Å². The Morgan fingerprint density at radius 1 is 1.43 bits per heavy atom. The molecular formula is C14H17N3O4. The molecule has 0 saturated heterocycles. The SMILES string of the molecule is Cc1cc(OC(C)C)nc(NCc2ccc(C(=O)O)o2)n1. The highest BCUT2D eigenvalue weighted by molar-refractivity contribution is 5.84. The van der Waals surface area contributed by atoms with E-state index in [-0.39, 0.29) is 18.4 Å². The lowest BCUT2D eigenvalue weighted by molar-refractivity contribution is 0.0660. The van der Waals surface area contributed by atoms with Crippen molar-refractivity contribution in [2.75, 3.05) is 5.32 Å². The standard InChI is InChI=1S/C14H17N3O4/c1-8(2)20-12-6-9(3)16-14(17-12)15-7-10-4-5-11(21-10)13(18)19/h4-6,8H,7H2,1-3H3,(H,18,19)(H,15,16,17). The fourth-order valence-electron chi connectivity index (χ4n) is 1.67. The molecule has 7 heteroatoms. The van der Waals surface area contributed by atoms with Crippen molar-refractivity contribution in [3.63, 3.8) is 0 Å². The number of aromatic nitrogens is 2. The number of aromatic carboxylic acids is 1. The van der Waals surface area contributed by atoms with E-state index in [4.69, 9.17) is 14.3 Å². The van der Waals surface area contributed by atoms with Crippen molar-refractivity contribution in [2.24, 2.45) is 0 Å². The number of carboxylic acids is 1. The molecule has 0 aromatic carbocycles. The molecule has 0 saturated carbocycles. The molecule has 0 unspecified atom stereocenters. The molecule has 0 radical (unpaired) electrons. The fraction of sp³-hybridized carbons (Fsp3) is 0.357. The number of carboxylic acid groups (broad SMARTS) is 1. The first-order chi connectivity index (χ1) is 9.94. The van der Waals surface area contributed by atoms with E-state index in [1.54, 1.807) is 12.1 Å². The molecule has 2 aromatic heterocycles. The molecule has 0 aliphatic heterocycles. The van der Waals surface area contributed by atoms with Crippen LogP contribution in [0.25, 0.3) is 0 Å². The van der Waals surface area contributed by atoms with Gasteiger partial charge in [-0.1, -0.05) is 0 Å². The molecule has 2 rings (SSSR count). The van der Waals surface area contributed by atoms with Gasteiger partial charge in [0.1, 0.15) is 5.76 Å². The van der Waals surface area contributed by atoms with Gasteiger partial charge in [-0.2, -0.15) is 4.98 Å². The third-order valence-corrected chi connectivity index (χ3v) is 2.48. The van der Waals surface area contributed by atoms with Gasteiger partial charge >= 0.3 is 5.97 Å². The summed E-state index contributed by atoms with van der Waals surface area (Å²) in [5.74, 6) is 0.190. The first-order valence-corrected chi connectivity index (χ1v) is 6.52. The Hall–Kier alpha value is -2.57. The summed E-state index contributed by atoms with van der Waals surface area (Å²) in [6, 6.07) is 4.75. The summed E-state index contributed by atoms with van der Waals surface area (Å²) in [4.78, 5) is 19.2. The number of furan rings is 1. The molecule has 0 aliphatic rings. The lowest BCUT2D eigenvalue weighted by Crippen LogP contribution is -2.10. The summed E-state index contributed by atoms with van der Waals surface area (Å²) in [6.07, 6.45) is 0.0235. The Kier molecular flexibility index (Phi) is 4.42. The number of ether oxygens (including phenoxy) is 1. The fourth-order valence-corrected chi connectivity index (χ4v) is 1.67. The highest BCUT2D eigenvalue weighted by atomic mass is 16.5. The van der Waals surface area contributed by atoms with Crippen LogP contribution in [0.4, 0.5) is 5.95 Å². The van der Waals surface area contributed by atoms with Gasteiger partial charge in [0.05, 0.1) is 12.6 Å². The summed E-state index contributed by atoms with van der Waals surface area (Å²) < 4.78 is 10.7. The highest BCUT2D eigenvalue weighted by Crippen LogP contribution is 2.15. The second-order valence-corrected chi connectivity index (χ2v) is 4.76. The summed E-state index contributed by atoms with van der Waals surface area (Å²) >= 11 is 0. The average Bonchev–Trinajstić information content (AvgIpc) is 2.83. The smallest absolute Gasteiger partial charge is 0.371 e. The highest BCUT2D eigenvalue weighted by Gasteiger charge is 2.10. The van der Waals surface area contributed by atoms with E-state index in [1.807, 2.05) is 20.8 Å². The van der Waals surface area contributed by atoms with Crippen LogP contribution in [-0.2, 0) is 6.54 Å². The average molecular weight is 291 g/mol. The van der Waals surface area contributed by atoms with Gasteiger partial charge in [0.25, 0.3) is 0 Å². The molecule has 7 nitrogen and oxygen atoms in total. The van der Waals surface area contributed by atoms with Crippen LogP contribution in [-0.4, -0.2) is 27.1 Å². The zero-order valence-corrected chi connectivity index (χ0v) is 12.1. The minimum atomic E-state index is -1.10. The predicted octanol–water partition coefficient (Wildman–Crippen LogP) is 2.48. The zero-order chi connectivity index (χ0) is 15.4. The van der Waals surface area contributed by atoms with E-state index in [0.717, 1.165) is 5.69 Å². The normalized spacial score (nSPS) is 10.7. The zero-order valence-electron chi connectivity index (χ0n) is 12.1. The van der Waals surface area contributed by atoms with Crippen LogP contribution in [0.3, 0.4) is 0 Å². The predicted molar refractivity (Wildman–Crippen MR) is 75.5 cm³/mol. The van der Waals surface area contributed by atoms with Crippen LogP contribution in [0.15, 0.2) is 22.6 Å². The van der Waals surface area contributed by atoms with Crippen molar-refractivity contribution < 1.29 is 19.1 Å². The van der Waals surface area contributed by atoms with Gasteiger partial charge in [-0.15, -0.1) is 0 Å². The largest absolute Gasteiger partial charge is 0.475 e. The molecule has 2 heterocycles. The molecule has 2 aromatic rings. The quantitative estimate of drug-likeness (QED) is 0.843. The number of hydrogen-bond acceptors (Lipinski definition) is 6. The molecule has 21 heavy (non-hydrogen) atoms. The maximum atomic E-state index is 10.7. The van der Waals surface area contributed by atoms with Crippen molar-refractivity contribution in [3.05, 3.63) is 35.4 Å². The van der Waals surface area contributed by atoms with Crippen LogP contribution in [0.5, 0.6) is 5.88 Å². The van der Waals surface area contributed by atoms with Crippen LogP contribution >= 0.6 is 0 Å². The first-order valence-electron chi connectivity index (χ1n) is 6.52. The number of aryl methyl sites for hydroxylation is 1. The van der Waals surface area contributed by atoms with Crippen molar-refractivity contribution in [1.29, 1.82) is 0 Å². The Balaban J connectivity index is 2.04. The minimum absolute atomic E-state index is 0.0235. The molecule has 0 atom stereocenters. The molecule has 0 fully saturated rings. The van der Waals surface area contributed by atoms with Gasteiger partial charge in [0.2, 0.25) is 17.6 Å². The maximum absolute atomic E-state index is 10.7. The summed E-state index contributed by atoms with van der Waals surface area (Å²) in [6.45, 7) is 5.97. The van der Waals surface area contributed by atoms with E-state index in [9.17, 15) is 4.79 Å². The number of nitrogens with zero attached hydrogens (tertiary/aromatic N) is 2. The van der Waals surface area contributed by atoms with E-state index in [2.05, 4.69) is 15.3 Å². The van der Waals surface area contributed by atoms with Crippen LogP contribution in [0.1, 0.15) is 35.9 Å². The number of anilines is 1. The van der Waals surface area contributed by atoms with Crippen LogP contribution in [0, 0.1) is 6.92 Å². The molecule has 112 valence electrons. The van der Waals surface area contributed by atoms with E-state index >= 15 is 0 Å². The number of carbonyl (C=O) groups is 1. The van der Waals surface area contributed by atoms with Crippen molar-refractivity contribution in [2.45, 2.75) is 33.4 Å². The second kappa shape index (κ2) is 6.25. The lowest BCUT2D eigenvalue weighted by Gasteiger charge is -2.11.